The van der Waals surface area contributed by atoms with Gasteiger partial charge in [-0.25, -0.2) is 4.99 Å². The van der Waals surface area contributed by atoms with E-state index < -0.39 is 0 Å². The Bertz CT molecular complexity index is 681. The van der Waals surface area contributed by atoms with Gasteiger partial charge in [0.15, 0.2) is 5.96 Å². The monoisotopic (exact) mass is 355 g/mol. The van der Waals surface area contributed by atoms with Crippen LogP contribution in [-0.4, -0.2) is 35.4 Å². The summed E-state index contributed by atoms with van der Waals surface area (Å²) in [6.45, 7) is 11.5. The van der Waals surface area contributed by atoms with E-state index in [-0.39, 0.29) is 0 Å². The SMILES string of the molecule is C=CCOc1ccccc1CN=C(NCC)NCC(C)Cn1cccn1. The second kappa shape index (κ2) is 11.0. The van der Waals surface area contributed by atoms with Gasteiger partial charge in [0.2, 0.25) is 0 Å². The fourth-order valence-electron chi connectivity index (χ4n) is 2.49. The first-order valence-corrected chi connectivity index (χ1v) is 9.04. The lowest BCUT2D eigenvalue weighted by atomic mass is 10.2. The topological polar surface area (TPSA) is 63.5 Å². The number of ether oxygens (including phenoxy) is 1. The van der Waals surface area contributed by atoms with Gasteiger partial charge < -0.3 is 15.4 Å². The number of para-hydroxylation sites is 1. The van der Waals surface area contributed by atoms with E-state index in [1.54, 1.807) is 12.3 Å². The molecule has 0 saturated carbocycles. The Balaban J connectivity index is 1.92. The van der Waals surface area contributed by atoms with Crippen LogP contribution < -0.4 is 15.4 Å². The molecule has 1 unspecified atom stereocenters. The lowest BCUT2D eigenvalue weighted by Crippen LogP contribution is -2.40. The van der Waals surface area contributed by atoms with E-state index in [1.165, 1.54) is 0 Å². The van der Waals surface area contributed by atoms with Crippen molar-refractivity contribution in [3.63, 3.8) is 0 Å². The van der Waals surface area contributed by atoms with Crippen LogP contribution in [0.25, 0.3) is 0 Å². The summed E-state index contributed by atoms with van der Waals surface area (Å²) in [6.07, 6.45) is 5.53. The summed E-state index contributed by atoms with van der Waals surface area (Å²) in [6, 6.07) is 9.90. The molecule has 1 heterocycles. The molecule has 140 valence electrons. The molecule has 0 bridgehead atoms. The van der Waals surface area contributed by atoms with Crippen molar-refractivity contribution < 1.29 is 4.74 Å². The van der Waals surface area contributed by atoms with Crippen LogP contribution in [0.5, 0.6) is 5.75 Å². The highest BCUT2D eigenvalue weighted by atomic mass is 16.5. The molecule has 26 heavy (non-hydrogen) atoms. The molecule has 6 heteroatoms. The van der Waals surface area contributed by atoms with E-state index in [0.717, 1.165) is 36.9 Å². The highest BCUT2D eigenvalue weighted by Crippen LogP contribution is 2.18. The van der Waals surface area contributed by atoms with Gasteiger partial charge in [0, 0.05) is 37.6 Å². The number of benzene rings is 1. The molecule has 1 aromatic heterocycles. The predicted molar refractivity (Wildman–Crippen MR) is 106 cm³/mol. The Morgan fingerprint density at radius 2 is 2.19 bits per heavy atom. The predicted octanol–water partition coefficient (Wildman–Crippen LogP) is 2.84. The van der Waals surface area contributed by atoms with Crippen LogP contribution in [0, 0.1) is 5.92 Å². The number of hydrogen-bond donors (Lipinski definition) is 2. The lowest BCUT2D eigenvalue weighted by Gasteiger charge is -2.16. The van der Waals surface area contributed by atoms with Gasteiger partial charge in [-0.3, -0.25) is 4.68 Å². The summed E-state index contributed by atoms with van der Waals surface area (Å²) in [5, 5.41) is 10.9. The zero-order valence-corrected chi connectivity index (χ0v) is 15.7. The minimum atomic E-state index is 0.432. The minimum absolute atomic E-state index is 0.432. The molecule has 1 aromatic carbocycles. The number of guanidine groups is 1. The van der Waals surface area contributed by atoms with Gasteiger partial charge in [-0.1, -0.05) is 37.8 Å². The van der Waals surface area contributed by atoms with Crippen molar-refractivity contribution in [2.24, 2.45) is 10.9 Å². The molecule has 6 nitrogen and oxygen atoms in total. The van der Waals surface area contributed by atoms with Crippen LogP contribution in [0.4, 0.5) is 0 Å². The van der Waals surface area contributed by atoms with Crippen LogP contribution in [0.15, 0.2) is 60.4 Å². The van der Waals surface area contributed by atoms with Gasteiger partial charge in [-0.05, 0) is 25.0 Å². The second-order valence-corrected chi connectivity index (χ2v) is 6.12. The maximum atomic E-state index is 5.70. The number of aliphatic imine (C=N–C) groups is 1. The molecule has 0 saturated heterocycles. The van der Waals surface area contributed by atoms with Crippen molar-refractivity contribution in [1.82, 2.24) is 20.4 Å². The standard InChI is InChI=1S/C20H29N5O/c1-4-13-26-19-10-7-6-9-18(19)15-23-20(21-5-2)22-14-17(3)16-25-12-8-11-24-25/h4,6-12,17H,1,5,13-16H2,2-3H3,(H2,21,22,23). The van der Waals surface area contributed by atoms with Crippen molar-refractivity contribution in [2.45, 2.75) is 26.9 Å². The summed E-state index contributed by atoms with van der Waals surface area (Å²) in [4.78, 5) is 4.69. The van der Waals surface area contributed by atoms with Crippen LogP contribution in [0.2, 0.25) is 0 Å². The normalized spacial score (nSPS) is 12.5. The fourth-order valence-corrected chi connectivity index (χ4v) is 2.49. The summed E-state index contributed by atoms with van der Waals surface area (Å²) in [5.41, 5.74) is 1.05. The quantitative estimate of drug-likeness (QED) is 0.391. The number of nitrogens with zero attached hydrogens (tertiary/aromatic N) is 3. The van der Waals surface area contributed by atoms with E-state index in [1.807, 2.05) is 41.2 Å². The molecule has 0 aliphatic rings. The molecule has 0 radical (unpaired) electrons. The van der Waals surface area contributed by atoms with Crippen LogP contribution >= 0.6 is 0 Å². The molecule has 0 aliphatic carbocycles. The Kier molecular flexibility index (Phi) is 8.26. The van der Waals surface area contributed by atoms with Crippen molar-refractivity contribution >= 4 is 5.96 Å². The van der Waals surface area contributed by atoms with E-state index >= 15 is 0 Å². The number of nitrogens with one attached hydrogen (secondary N) is 2. The van der Waals surface area contributed by atoms with Gasteiger partial charge in [0.25, 0.3) is 0 Å². The Morgan fingerprint density at radius 3 is 2.92 bits per heavy atom. The highest BCUT2D eigenvalue weighted by Gasteiger charge is 2.06. The molecule has 1 atom stereocenters. The Hall–Kier alpha value is -2.76. The van der Waals surface area contributed by atoms with Crippen molar-refractivity contribution in [1.29, 1.82) is 0 Å². The molecule has 0 aliphatic heterocycles. The number of hydrogen-bond acceptors (Lipinski definition) is 3. The summed E-state index contributed by atoms with van der Waals surface area (Å²) >= 11 is 0. The Labute approximate surface area is 156 Å². The largest absolute Gasteiger partial charge is 0.489 e. The van der Waals surface area contributed by atoms with E-state index in [9.17, 15) is 0 Å². The van der Waals surface area contributed by atoms with E-state index in [4.69, 9.17) is 4.74 Å². The maximum absolute atomic E-state index is 5.70. The van der Waals surface area contributed by atoms with Gasteiger partial charge in [0.1, 0.15) is 12.4 Å². The molecule has 0 fully saturated rings. The van der Waals surface area contributed by atoms with Gasteiger partial charge >= 0.3 is 0 Å². The highest BCUT2D eigenvalue weighted by molar-refractivity contribution is 5.79. The molecular formula is C20H29N5O. The van der Waals surface area contributed by atoms with Gasteiger partial charge in [-0.15, -0.1) is 0 Å². The number of aromatic nitrogens is 2. The summed E-state index contributed by atoms with van der Waals surface area (Å²) < 4.78 is 7.65. The average molecular weight is 355 g/mol. The van der Waals surface area contributed by atoms with Gasteiger partial charge in [0.05, 0.1) is 6.54 Å². The van der Waals surface area contributed by atoms with Crippen LogP contribution in [-0.2, 0) is 13.1 Å². The fraction of sp³-hybridized carbons (Fsp3) is 0.400. The summed E-state index contributed by atoms with van der Waals surface area (Å²) in [7, 11) is 0. The zero-order valence-electron chi connectivity index (χ0n) is 15.7. The van der Waals surface area contributed by atoms with E-state index in [2.05, 4.69) is 41.2 Å². The molecule has 0 spiro atoms. The molecule has 2 rings (SSSR count). The first kappa shape index (κ1) is 19.6. The van der Waals surface area contributed by atoms with Crippen LogP contribution in [0.1, 0.15) is 19.4 Å². The smallest absolute Gasteiger partial charge is 0.191 e. The van der Waals surface area contributed by atoms with Crippen molar-refractivity contribution in [3.05, 3.63) is 60.9 Å². The third kappa shape index (κ3) is 6.63. The maximum Gasteiger partial charge on any atom is 0.191 e. The minimum Gasteiger partial charge on any atom is -0.489 e. The zero-order chi connectivity index (χ0) is 18.6. The van der Waals surface area contributed by atoms with Gasteiger partial charge in [-0.2, -0.15) is 5.10 Å². The van der Waals surface area contributed by atoms with E-state index in [0.29, 0.717) is 19.1 Å². The first-order valence-electron chi connectivity index (χ1n) is 9.04. The molecule has 2 aromatic rings. The molecular weight excluding hydrogens is 326 g/mol. The second-order valence-electron chi connectivity index (χ2n) is 6.12. The molecule has 2 N–H and O–H groups in total. The first-order chi connectivity index (χ1) is 12.7. The molecule has 0 amide bonds. The lowest BCUT2D eigenvalue weighted by molar-refractivity contribution is 0.359. The number of rotatable bonds is 10. The summed E-state index contributed by atoms with van der Waals surface area (Å²) in [5.74, 6) is 2.08. The van der Waals surface area contributed by atoms with Crippen molar-refractivity contribution in [2.75, 3.05) is 19.7 Å². The van der Waals surface area contributed by atoms with Crippen molar-refractivity contribution in [3.8, 4) is 5.75 Å². The average Bonchev–Trinajstić information content (AvgIpc) is 3.16. The Morgan fingerprint density at radius 1 is 1.35 bits per heavy atom. The third-order valence-electron chi connectivity index (χ3n) is 3.76. The van der Waals surface area contributed by atoms with Crippen LogP contribution in [0.3, 0.4) is 0 Å². The third-order valence-corrected chi connectivity index (χ3v) is 3.76.